The number of amides is 1. The predicted octanol–water partition coefficient (Wildman–Crippen LogP) is 3.47. The zero-order valence-electron chi connectivity index (χ0n) is 16.8. The summed E-state index contributed by atoms with van der Waals surface area (Å²) in [4.78, 5) is 12.6. The Morgan fingerprint density at radius 1 is 1.07 bits per heavy atom. The van der Waals surface area contributed by atoms with Crippen molar-refractivity contribution < 1.29 is 13.2 Å². The first-order valence-electron chi connectivity index (χ1n) is 9.99. The SMILES string of the molecule is CS(=O)(=O)Cc1cccc(C(=O)Nc2ccc(-c3nnc4n3CCCCC4)cc2)c1. The van der Waals surface area contributed by atoms with Crippen molar-refractivity contribution in [2.45, 2.75) is 38.0 Å². The lowest BCUT2D eigenvalue weighted by Crippen LogP contribution is -2.12. The van der Waals surface area contributed by atoms with Crippen LogP contribution in [0.25, 0.3) is 11.4 Å². The molecule has 2 heterocycles. The van der Waals surface area contributed by atoms with E-state index in [0.717, 1.165) is 43.0 Å². The van der Waals surface area contributed by atoms with E-state index in [1.165, 1.54) is 12.7 Å². The fourth-order valence-corrected chi connectivity index (χ4v) is 4.49. The highest BCUT2D eigenvalue weighted by molar-refractivity contribution is 7.89. The van der Waals surface area contributed by atoms with Gasteiger partial charge in [-0.05, 0) is 54.8 Å². The molecule has 8 heteroatoms. The number of carbonyl (C=O) groups is 1. The summed E-state index contributed by atoms with van der Waals surface area (Å²) in [6.45, 7) is 0.931. The Morgan fingerprint density at radius 2 is 1.87 bits per heavy atom. The fraction of sp³-hybridized carbons (Fsp3) is 0.318. The molecular formula is C22H24N4O3S. The van der Waals surface area contributed by atoms with Gasteiger partial charge in [0.25, 0.3) is 5.91 Å². The van der Waals surface area contributed by atoms with Gasteiger partial charge in [-0.1, -0.05) is 18.6 Å². The number of carbonyl (C=O) groups excluding carboxylic acids is 1. The van der Waals surface area contributed by atoms with Crippen molar-refractivity contribution in [2.24, 2.45) is 0 Å². The first kappa shape index (κ1) is 20.3. The summed E-state index contributed by atoms with van der Waals surface area (Å²) in [6, 6.07) is 14.2. The number of aromatic nitrogens is 3. The quantitative estimate of drug-likeness (QED) is 0.677. The third-order valence-electron chi connectivity index (χ3n) is 5.13. The van der Waals surface area contributed by atoms with Gasteiger partial charge in [-0.3, -0.25) is 4.79 Å². The second kappa shape index (κ2) is 8.39. The van der Waals surface area contributed by atoms with Crippen molar-refractivity contribution in [3.63, 3.8) is 0 Å². The Hall–Kier alpha value is -3.00. The molecule has 0 fully saturated rings. The van der Waals surface area contributed by atoms with E-state index >= 15 is 0 Å². The van der Waals surface area contributed by atoms with E-state index in [1.807, 2.05) is 24.3 Å². The number of hydrogen-bond donors (Lipinski definition) is 1. The van der Waals surface area contributed by atoms with Crippen molar-refractivity contribution in [3.8, 4) is 11.4 Å². The normalized spacial score (nSPS) is 14.0. The minimum atomic E-state index is -3.16. The molecule has 4 rings (SSSR count). The first-order chi connectivity index (χ1) is 14.4. The molecule has 1 amide bonds. The van der Waals surface area contributed by atoms with Gasteiger partial charge in [0.05, 0.1) is 5.75 Å². The van der Waals surface area contributed by atoms with Crippen LogP contribution in [0, 0.1) is 0 Å². The lowest BCUT2D eigenvalue weighted by molar-refractivity contribution is 0.102. The van der Waals surface area contributed by atoms with Gasteiger partial charge in [-0.2, -0.15) is 0 Å². The Morgan fingerprint density at radius 3 is 2.63 bits per heavy atom. The van der Waals surface area contributed by atoms with Crippen molar-refractivity contribution in [3.05, 3.63) is 65.5 Å². The molecule has 30 heavy (non-hydrogen) atoms. The van der Waals surface area contributed by atoms with Crippen LogP contribution in [0.2, 0.25) is 0 Å². The van der Waals surface area contributed by atoms with E-state index in [2.05, 4.69) is 20.1 Å². The number of hydrogen-bond acceptors (Lipinski definition) is 5. The lowest BCUT2D eigenvalue weighted by Gasteiger charge is -2.09. The number of rotatable bonds is 5. The van der Waals surface area contributed by atoms with E-state index < -0.39 is 9.84 Å². The predicted molar refractivity (Wildman–Crippen MR) is 116 cm³/mol. The molecule has 1 aromatic heterocycles. The van der Waals surface area contributed by atoms with Gasteiger partial charge in [-0.15, -0.1) is 10.2 Å². The molecule has 1 N–H and O–H groups in total. The highest BCUT2D eigenvalue weighted by atomic mass is 32.2. The number of fused-ring (bicyclic) bond motifs is 1. The molecule has 0 saturated carbocycles. The second-order valence-corrected chi connectivity index (χ2v) is 9.84. The molecule has 7 nitrogen and oxygen atoms in total. The third-order valence-corrected chi connectivity index (χ3v) is 5.99. The molecule has 3 aromatic rings. The molecular weight excluding hydrogens is 400 g/mol. The van der Waals surface area contributed by atoms with Gasteiger partial charge < -0.3 is 9.88 Å². The molecule has 0 bridgehead atoms. The van der Waals surface area contributed by atoms with Crippen LogP contribution in [0.5, 0.6) is 0 Å². The highest BCUT2D eigenvalue weighted by Crippen LogP contribution is 2.24. The van der Waals surface area contributed by atoms with E-state index in [4.69, 9.17) is 0 Å². The number of aryl methyl sites for hydroxylation is 1. The maximum absolute atomic E-state index is 12.6. The first-order valence-corrected chi connectivity index (χ1v) is 12.1. The number of sulfone groups is 1. The summed E-state index contributed by atoms with van der Waals surface area (Å²) >= 11 is 0. The highest BCUT2D eigenvalue weighted by Gasteiger charge is 2.16. The van der Waals surface area contributed by atoms with Crippen LogP contribution >= 0.6 is 0 Å². The molecule has 0 saturated heterocycles. The summed E-state index contributed by atoms with van der Waals surface area (Å²) in [7, 11) is -3.16. The fourth-order valence-electron chi connectivity index (χ4n) is 3.71. The molecule has 156 valence electrons. The van der Waals surface area contributed by atoms with Crippen LogP contribution in [0.15, 0.2) is 48.5 Å². The maximum atomic E-state index is 12.6. The minimum absolute atomic E-state index is 0.0918. The summed E-state index contributed by atoms with van der Waals surface area (Å²) < 4.78 is 25.2. The van der Waals surface area contributed by atoms with Crippen molar-refractivity contribution in [2.75, 3.05) is 11.6 Å². The Kier molecular flexibility index (Phi) is 5.67. The third kappa shape index (κ3) is 4.76. The van der Waals surface area contributed by atoms with E-state index in [0.29, 0.717) is 16.8 Å². The average Bonchev–Trinajstić information content (AvgIpc) is 2.95. The molecule has 1 aliphatic heterocycles. The van der Waals surface area contributed by atoms with Gasteiger partial charge in [0.15, 0.2) is 15.7 Å². The smallest absolute Gasteiger partial charge is 0.255 e. The van der Waals surface area contributed by atoms with Gasteiger partial charge in [-0.25, -0.2) is 8.42 Å². The number of anilines is 1. The van der Waals surface area contributed by atoms with Crippen molar-refractivity contribution in [1.29, 1.82) is 0 Å². The van der Waals surface area contributed by atoms with Gasteiger partial charge in [0.1, 0.15) is 5.82 Å². The average molecular weight is 425 g/mol. The largest absolute Gasteiger partial charge is 0.322 e. The minimum Gasteiger partial charge on any atom is -0.322 e. The zero-order valence-corrected chi connectivity index (χ0v) is 17.7. The topological polar surface area (TPSA) is 93.9 Å². The summed E-state index contributed by atoms with van der Waals surface area (Å²) in [5, 5.41) is 11.6. The van der Waals surface area contributed by atoms with Crippen molar-refractivity contribution in [1.82, 2.24) is 14.8 Å². The number of nitrogens with zero attached hydrogens (tertiary/aromatic N) is 3. The van der Waals surface area contributed by atoms with Crippen molar-refractivity contribution >= 4 is 21.4 Å². The maximum Gasteiger partial charge on any atom is 0.255 e. The summed E-state index contributed by atoms with van der Waals surface area (Å²) in [5.74, 6) is 1.52. The van der Waals surface area contributed by atoms with Crippen LogP contribution in [-0.2, 0) is 28.6 Å². The number of benzene rings is 2. The molecule has 2 aromatic carbocycles. The van der Waals surface area contributed by atoms with Crippen LogP contribution in [-0.4, -0.2) is 35.3 Å². The van der Waals surface area contributed by atoms with Crippen LogP contribution in [0.3, 0.4) is 0 Å². The summed E-state index contributed by atoms with van der Waals surface area (Å²) in [6.07, 6.45) is 5.62. The molecule has 0 radical (unpaired) electrons. The standard InChI is InChI=1S/C22H24N4O3S/c1-30(28,29)15-16-6-5-7-18(14-16)22(27)23-19-11-9-17(10-12-19)21-25-24-20-8-3-2-4-13-26(20)21/h5-7,9-12,14H,2-4,8,13,15H2,1H3,(H,23,27). The monoisotopic (exact) mass is 424 g/mol. The molecule has 0 spiro atoms. The second-order valence-electron chi connectivity index (χ2n) is 7.70. The lowest BCUT2D eigenvalue weighted by atomic mass is 10.1. The van der Waals surface area contributed by atoms with Crippen LogP contribution in [0.4, 0.5) is 5.69 Å². The Bertz CT molecular complexity index is 1170. The van der Waals surface area contributed by atoms with E-state index in [-0.39, 0.29) is 11.7 Å². The molecule has 0 aliphatic carbocycles. The molecule has 0 unspecified atom stereocenters. The van der Waals surface area contributed by atoms with E-state index in [1.54, 1.807) is 24.3 Å². The van der Waals surface area contributed by atoms with Crippen LogP contribution in [0.1, 0.15) is 41.0 Å². The zero-order chi connectivity index (χ0) is 21.1. The number of nitrogens with one attached hydrogen (secondary N) is 1. The Labute approximate surface area is 176 Å². The molecule has 1 aliphatic rings. The van der Waals surface area contributed by atoms with E-state index in [9.17, 15) is 13.2 Å². The Balaban J connectivity index is 1.49. The van der Waals surface area contributed by atoms with Gasteiger partial charge in [0, 0.05) is 36.0 Å². The summed E-state index contributed by atoms with van der Waals surface area (Å²) in [5.41, 5.74) is 2.63. The van der Waals surface area contributed by atoms with Gasteiger partial charge in [0.2, 0.25) is 0 Å². The van der Waals surface area contributed by atoms with Gasteiger partial charge >= 0.3 is 0 Å². The van der Waals surface area contributed by atoms with Crippen LogP contribution < -0.4 is 5.32 Å². The molecule has 0 atom stereocenters.